The number of benzene rings is 2. The molecule has 3 aliphatic heterocycles. The second kappa shape index (κ2) is 10.3. The van der Waals surface area contributed by atoms with Crippen LogP contribution in [0.15, 0.2) is 66.7 Å². The van der Waals surface area contributed by atoms with E-state index in [4.69, 9.17) is 16.3 Å². The topological polar surface area (TPSA) is 87.7 Å². The van der Waals surface area contributed by atoms with E-state index >= 15 is 0 Å². The maximum absolute atomic E-state index is 14.4. The molecule has 1 saturated carbocycles. The lowest BCUT2D eigenvalue weighted by Crippen LogP contribution is -2.58. The van der Waals surface area contributed by atoms with Crippen molar-refractivity contribution in [3.63, 3.8) is 0 Å². The molecule has 210 valence electrons. The minimum absolute atomic E-state index is 0.0280. The molecule has 1 spiro atoms. The summed E-state index contributed by atoms with van der Waals surface area (Å²) in [6.45, 7) is 6.36. The molecule has 0 unspecified atom stereocenters. The predicted octanol–water partition coefficient (Wildman–Crippen LogP) is 5.13. The molecule has 0 radical (unpaired) electrons. The van der Waals surface area contributed by atoms with E-state index in [1.807, 2.05) is 49.4 Å². The maximum Gasteiger partial charge on any atom is 0.246 e. The molecular formula is C32H36ClN3O4. The van der Waals surface area contributed by atoms with Gasteiger partial charge in [-0.15, -0.1) is 0 Å². The fourth-order valence-corrected chi connectivity index (χ4v) is 7.55. The van der Waals surface area contributed by atoms with Crippen LogP contribution in [0.2, 0.25) is 5.02 Å². The van der Waals surface area contributed by atoms with Crippen molar-refractivity contribution >= 4 is 35.0 Å². The van der Waals surface area contributed by atoms with Gasteiger partial charge in [0.2, 0.25) is 17.7 Å². The number of halogens is 1. The third-order valence-electron chi connectivity index (χ3n) is 9.69. The Balaban J connectivity index is 1.35. The number of nitrogens with zero attached hydrogens (tertiary/aromatic N) is 1. The van der Waals surface area contributed by atoms with Crippen LogP contribution in [-0.4, -0.2) is 46.4 Å². The van der Waals surface area contributed by atoms with Gasteiger partial charge < -0.3 is 20.3 Å². The van der Waals surface area contributed by atoms with Gasteiger partial charge in [0, 0.05) is 16.8 Å². The number of hydrogen-bond acceptors (Lipinski definition) is 4. The summed E-state index contributed by atoms with van der Waals surface area (Å²) in [5.41, 5.74) is 0.255. The number of fused-ring (bicyclic) bond motifs is 1. The molecule has 2 N–H and O–H groups in total. The Hall–Kier alpha value is -3.16. The number of nitrogens with one attached hydrogen (secondary N) is 2. The molecule has 2 aromatic rings. The van der Waals surface area contributed by atoms with Gasteiger partial charge >= 0.3 is 0 Å². The van der Waals surface area contributed by atoms with E-state index in [0.717, 1.165) is 24.8 Å². The van der Waals surface area contributed by atoms with Crippen molar-refractivity contribution in [3.05, 3.63) is 77.3 Å². The van der Waals surface area contributed by atoms with E-state index in [0.29, 0.717) is 22.5 Å². The summed E-state index contributed by atoms with van der Waals surface area (Å²) in [5.74, 6) is -1.52. The number of hydrogen-bond donors (Lipinski definition) is 2. The molecule has 40 heavy (non-hydrogen) atoms. The van der Waals surface area contributed by atoms with E-state index in [2.05, 4.69) is 24.5 Å². The first-order chi connectivity index (χ1) is 19.2. The lowest BCUT2D eigenvalue weighted by molar-refractivity contribution is -0.144. The first-order valence-electron chi connectivity index (χ1n) is 14.3. The lowest BCUT2D eigenvalue weighted by atomic mass is 9.73. The summed E-state index contributed by atoms with van der Waals surface area (Å²) >= 11 is 6.14. The van der Waals surface area contributed by atoms with Crippen molar-refractivity contribution in [2.45, 2.75) is 69.9 Å². The molecule has 3 fully saturated rings. The van der Waals surface area contributed by atoms with Crippen LogP contribution in [0.1, 0.15) is 51.6 Å². The quantitative estimate of drug-likeness (QED) is 0.479. The van der Waals surface area contributed by atoms with Crippen LogP contribution in [-0.2, 0) is 19.1 Å². The third kappa shape index (κ3) is 4.34. The number of likely N-dealkylation sites (tertiary alicyclic amines) is 1. The van der Waals surface area contributed by atoms with Crippen molar-refractivity contribution in [3.8, 4) is 0 Å². The molecule has 3 amide bonds. The third-order valence-corrected chi connectivity index (χ3v) is 9.92. The van der Waals surface area contributed by atoms with Crippen LogP contribution in [0.4, 0.5) is 5.69 Å². The molecule has 7 nitrogen and oxygen atoms in total. The minimum atomic E-state index is -1.21. The highest BCUT2D eigenvalue weighted by Crippen LogP contribution is 2.56. The molecule has 2 saturated heterocycles. The van der Waals surface area contributed by atoms with Crippen molar-refractivity contribution < 1.29 is 19.1 Å². The van der Waals surface area contributed by atoms with Gasteiger partial charge in [0.1, 0.15) is 11.6 Å². The second-order valence-electron chi connectivity index (χ2n) is 11.9. The number of carbonyl (C=O) groups excluding carboxylic acids is 3. The summed E-state index contributed by atoms with van der Waals surface area (Å²) in [5, 5.41) is 6.74. The van der Waals surface area contributed by atoms with E-state index in [9.17, 15) is 14.4 Å². The maximum atomic E-state index is 14.4. The molecular weight excluding hydrogens is 526 g/mol. The van der Waals surface area contributed by atoms with Crippen molar-refractivity contribution in [1.82, 2.24) is 10.2 Å². The van der Waals surface area contributed by atoms with Crippen LogP contribution < -0.4 is 10.6 Å². The van der Waals surface area contributed by atoms with E-state index in [1.54, 1.807) is 29.2 Å². The number of ether oxygens (including phenoxy) is 1. The second-order valence-corrected chi connectivity index (χ2v) is 12.4. The number of rotatable bonds is 6. The Morgan fingerprint density at radius 2 is 1.85 bits per heavy atom. The normalized spacial score (nSPS) is 35.0. The molecule has 4 aliphatic rings. The monoisotopic (exact) mass is 561 g/mol. The average Bonchev–Trinajstić information content (AvgIpc) is 3.58. The number of carbonyl (C=O) groups is 3. The van der Waals surface area contributed by atoms with Crippen LogP contribution in [0, 0.1) is 23.7 Å². The van der Waals surface area contributed by atoms with Gasteiger partial charge in [0.15, 0.2) is 0 Å². The zero-order chi connectivity index (χ0) is 28.2. The molecule has 6 rings (SSSR count). The fraction of sp³-hybridized carbons (Fsp3) is 0.469. The van der Waals surface area contributed by atoms with Gasteiger partial charge in [-0.25, -0.2) is 0 Å². The van der Waals surface area contributed by atoms with E-state index in [-0.39, 0.29) is 29.8 Å². The number of anilines is 1. The Labute approximate surface area is 240 Å². The smallest absolute Gasteiger partial charge is 0.246 e. The van der Waals surface area contributed by atoms with Crippen LogP contribution >= 0.6 is 11.6 Å². The molecule has 3 heterocycles. The molecule has 2 aromatic carbocycles. The highest BCUT2D eigenvalue weighted by Gasteiger charge is 2.73. The van der Waals surface area contributed by atoms with Gasteiger partial charge in [-0.3, -0.25) is 14.4 Å². The summed E-state index contributed by atoms with van der Waals surface area (Å²) in [4.78, 5) is 44.0. The SMILES string of the molecule is C[C@H]1[C@H](C)CCC[C@@H]1NC(=O)[C@@H]1N([C@H](C)c2ccccc2)C(=O)[C@@H]2[C@@H](C(=O)Nc3cccc(Cl)c3)[C@@H]3C=C[C@]21O3. The standard InChI is InChI=1S/C32H36ClN3O4/c1-18-9-7-14-24(19(18)2)35-30(38)28-32-16-15-25(40-32)26(29(37)34-23-13-8-12-22(33)17-23)27(32)31(39)36(28)20(3)21-10-5-4-6-11-21/h4-6,8,10-13,15-20,24-28H,7,9,14H2,1-3H3,(H,34,37)(H,35,38)/t18-,19+,20-,24+,25+,26+,27+,28+,32+/m1/s1. The van der Waals surface area contributed by atoms with Crippen molar-refractivity contribution in [2.75, 3.05) is 5.32 Å². The summed E-state index contributed by atoms with van der Waals surface area (Å²) in [6, 6.07) is 15.4. The summed E-state index contributed by atoms with van der Waals surface area (Å²) in [7, 11) is 0. The molecule has 0 aromatic heterocycles. The molecule has 8 heteroatoms. The fourth-order valence-electron chi connectivity index (χ4n) is 7.35. The van der Waals surface area contributed by atoms with Crippen molar-refractivity contribution in [2.24, 2.45) is 23.7 Å². The van der Waals surface area contributed by atoms with Crippen LogP contribution in [0.3, 0.4) is 0 Å². The predicted molar refractivity (Wildman–Crippen MR) is 153 cm³/mol. The average molecular weight is 562 g/mol. The van der Waals surface area contributed by atoms with Crippen LogP contribution in [0.25, 0.3) is 0 Å². The Morgan fingerprint density at radius 1 is 1.07 bits per heavy atom. The lowest BCUT2D eigenvalue weighted by Gasteiger charge is -2.39. The van der Waals surface area contributed by atoms with Gasteiger partial charge in [0.25, 0.3) is 0 Å². The first kappa shape index (κ1) is 27.0. The highest BCUT2D eigenvalue weighted by atomic mass is 35.5. The van der Waals surface area contributed by atoms with Crippen molar-refractivity contribution in [1.29, 1.82) is 0 Å². The zero-order valence-electron chi connectivity index (χ0n) is 23.0. The van der Waals surface area contributed by atoms with E-state index in [1.165, 1.54) is 0 Å². The van der Waals surface area contributed by atoms with Gasteiger partial charge in [-0.2, -0.15) is 0 Å². The molecule has 9 atom stereocenters. The van der Waals surface area contributed by atoms with E-state index < -0.39 is 29.6 Å². The first-order valence-corrected chi connectivity index (χ1v) is 14.7. The number of amides is 3. The van der Waals surface area contributed by atoms with Crippen LogP contribution in [0.5, 0.6) is 0 Å². The Morgan fingerprint density at radius 3 is 2.60 bits per heavy atom. The highest BCUT2D eigenvalue weighted by molar-refractivity contribution is 6.30. The Kier molecular flexibility index (Phi) is 6.99. The van der Waals surface area contributed by atoms with Gasteiger partial charge in [0.05, 0.1) is 24.0 Å². The minimum Gasteiger partial charge on any atom is -0.359 e. The summed E-state index contributed by atoms with van der Waals surface area (Å²) in [6.07, 6.45) is 6.22. The molecule has 1 aliphatic carbocycles. The largest absolute Gasteiger partial charge is 0.359 e. The van der Waals surface area contributed by atoms with Gasteiger partial charge in [-0.05, 0) is 48.9 Å². The molecule has 2 bridgehead atoms. The summed E-state index contributed by atoms with van der Waals surface area (Å²) < 4.78 is 6.52. The zero-order valence-corrected chi connectivity index (χ0v) is 23.8. The Bertz CT molecular complexity index is 1350. The van der Waals surface area contributed by atoms with Gasteiger partial charge in [-0.1, -0.05) is 86.8 Å².